The van der Waals surface area contributed by atoms with E-state index in [1.165, 1.54) is 0 Å². The molecule has 0 saturated carbocycles. The first kappa shape index (κ1) is 16.0. The molecule has 0 saturated heterocycles. The smallest absolute Gasteiger partial charge is 0.234 e. The Hall–Kier alpha value is -1.33. The van der Waals surface area contributed by atoms with Gasteiger partial charge in [0, 0.05) is 14.6 Å². The van der Waals surface area contributed by atoms with Gasteiger partial charge in [-0.25, -0.2) is 0 Å². The molecule has 0 aliphatic heterocycles. The Bertz CT molecular complexity index is 666. The van der Waals surface area contributed by atoms with E-state index in [2.05, 4.69) is 37.2 Å². The second-order valence-corrected chi connectivity index (χ2v) is 7.10. The SMILES string of the molecule is CC(C)(C(=O)Nc1cc(Br)ccc1Br)c1ccc(N)cc1. The van der Waals surface area contributed by atoms with E-state index in [9.17, 15) is 4.79 Å². The minimum atomic E-state index is -0.657. The number of benzene rings is 2. The van der Waals surface area contributed by atoms with Crippen molar-refractivity contribution in [1.82, 2.24) is 0 Å². The van der Waals surface area contributed by atoms with Crippen molar-refractivity contribution < 1.29 is 4.79 Å². The first-order valence-corrected chi connectivity index (χ1v) is 8.02. The molecular formula is C16H16Br2N2O. The summed E-state index contributed by atoms with van der Waals surface area (Å²) in [6.45, 7) is 3.78. The largest absolute Gasteiger partial charge is 0.399 e. The Balaban J connectivity index is 2.26. The van der Waals surface area contributed by atoms with Crippen LogP contribution in [0, 0.1) is 0 Å². The van der Waals surface area contributed by atoms with Gasteiger partial charge < -0.3 is 11.1 Å². The van der Waals surface area contributed by atoms with Gasteiger partial charge >= 0.3 is 0 Å². The predicted octanol–water partition coefficient (Wildman–Crippen LogP) is 4.71. The van der Waals surface area contributed by atoms with Crippen molar-refractivity contribution in [2.75, 3.05) is 11.1 Å². The molecule has 2 aromatic rings. The number of nitrogens with two attached hydrogens (primary N) is 1. The molecule has 0 atom stereocenters. The van der Waals surface area contributed by atoms with Crippen LogP contribution in [0.25, 0.3) is 0 Å². The highest BCUT2D eigenvalue weighted by molar-refractivity contribution is 9.11. The van der Waals surface area contributed by atoms with Crippen LogP contribution in [0.4, 0.5) is 11.4 Å². The molecule has 0 aliphatic carbocycles. The van der Waals surface area contributed by atoms with Gasteiger partial charge in [0.25, 0.3) is 0 Å². The average molecular weight is 412 g/mol. The molecular weight excluding hydrogens is 396 g/mol. The Morgan fingerprint density at radius 1 is 1.10 bits per heavy atom. The molecule has 0 spiro atoms. The van der Waals surface area contributed by atoms with Crippen LogP contribution in [-0.2, 0) is 10.2 Å². The normalized spacial score (nSPS) is 11.2. The van der Waals surface area contributed by atoms with Crippen molar-refractivity contribution in [2.45, 2.75) is 19.3 Å². The van der Waals surface area contributed by atoms with Crippen molar-refractivity contribution in [3.63, 3.8) is 0 Å². The van der Waals surface area contributed by atoms with E-state index in [-0.39, 0.29) is 5.91 Å². The summed E-state index contributed by atoms with van der Waals surface area (Å²) >= 11 is 6.84. The zero-order chi connectivity index (χ0) is 15.6. The highest BCUT2D eigenvalue weighted by Gasteiger charge is 2.30. The van der Waals surface area contributed by atoms with Gasteiger partial charge in [0.1, 0.15) is 0 Å². The number of carbonyl (C=O) groups excluding carboxylic acids is 1. The summed E-state index contributed by atoms with van der Waals surface area (Å²) in [6, 6.07) is 13.0. The molecule has 110 valence electrons. The maximum Gasteiger partial charge on any atom is 0.234 e. The van der Waals surface area contributed by atoms with Crippen LogP contribution in [0.3, 0.4) is 0 Å². The summed E-state index contributed by atoms with van der Waals surface area (Å²) in [4.78, 5) is 12.6. The van der Waals surface area contributed by atoms with Gasteiger partial charge in [-0.1, -0.05) is 28.1 Å². The van der Waals surface area contributed by atoms with E-state index in [1.54, 1.807) is 12.1 Å². The molecule has 0 radical (unpaired) electrons. The minimum absolute atomic E-state index is 0.0777. The van der Waals surface area contributed by atoms with E-state index in [0.29, 0.717) is 5.69 Å². The van der Waals surface area contributed by atoms with Crippen LogP contribution in [0.15, 0.2) is 51.4 Å². The standard InChI is InChI=1S/C16H16Br2N2O/c1-16(2,10-3-6-12(19)7-4-10)15(21)20-14-9-11(17)5-8-13(14)18/h3-9H,19H2,1-2H3,(H,20,21). The third-order valence-corrected chi connectivity index (χ3v) is 4.56. The number of amides is 1. The van der Waals surface area contributed by atoms with Crippen LogP contribution in [-0.4, -0.2) is 5.91 Å². The quantitative estimate of drug-likeness (QED) is 0.718. The van der Waals surface area contributed by atoms with Crippen molar-refractivity contribution in [3.05, 3.63) is 57.0 Å². The molecule has 5 heteroatoms. The van der Waals surface area contributed by atoms with Gasteiger partial charge in [0.05, 0.1) is 11.1 Å². The van der Waals surface area contributed by atoms with Gasteiger partial charge in [-0.3, -0.25) is 4.79 Å². The first-order valence-electron chi connectivity index (χ1n) is 6.43. The van der Waals surface area contributed by atoms with Crippen molar-refractivity contribution in [1.29, 1.82) is 0 Å². The number of rotatable bonds is 3. The molecule has 0 aliphatic rings. The lowest BCUT2D eigenvalue weighted by atomic mass is 9.83. The third-order valence-electron chi connectivity index (χ3n) is 3.38. The van der Waals surface area contributed by atoms with E-state index < -0.39 is 5.41 Å². The number of halogens is 2. The number of carbonyl (C=O) groups is 1. The van der Waals surface area contributed by atoms with Crippen LogP contribution in [0.2, 0.25) is 0 Å². The van der Waals surface area contributed by atoms with Gasteiger partial charge in [-0.2, -0.15) is 0 Å². The molecule has 1 amide bonds. The molecule has 0 heterocycles. The third kappa shape index (κ3) is 3.66. The summed E-state index contributed by atoms with van der Waals surface area (Å²) in [5.41, 5.74) is 7.37. The number of hydrogen-bond acceptors (Lipinski definition) is 2. The summed E-state index contributed by atoms with van der Waals surface area (Å²) in [5.74, 6) is -0.0777. The minimum Gasteiger partial charge on any atom is -0.399 e. The Morgan fingerprint density at radius 3 is 2.33 bits per heavy atom. The number of nitrogens with one attached hydrogen (secondary N) is 1. The Kier molecular flexibility index (Phi) is 4.74. The number of hydrogen-bond donors (Lipinski definition) is 2. The lowest BCUT2D eigenvalue weighted by Crippen LogP contribution is -2.34. The molecule has 3 N–H and O–H groups in total. The maximum atomic E-state index is 12.6. The van der Waals surface area contributed by atoms with Crippen LogP contribution >= 0.6 is 31.9 Å². The van der Waals surface area contributed by atoms with Crippen molar-refractivity contribution in [3.8, 4) is 0 Å². The van der Waals surface area contributed by atoms with Gasteiger partial charge in [-0.05, 0) is 65.7 Å². The lowest BCUT2D eigenvalue weighted by Gasteiger charge is -2.24. The highest BCUT2D eigenvalue weighted by Crippen LogP contribution is 2.30. The monoisotopic (exact) mass is 410 g/mol. The van der Waals surface area contributed by atoms with E-state index in [0.717, 1.165) is 20.2 Å². The lowest BCUT2D eigenvalue weighted by molar-refractivity contribution is -0.120. The van der Waals surface area contributed by atoms with Gasteiger partial charge in [0.15, 0.2) is 0 Å². The molecule has 2 aromatic carbocycles. The summed E-state index contributed by atoms with van der Waals surface area (Å²) < 4.78 is 1.75. The van der Waals surface area contributed by atoms with E-state index in [1.807, 2.05) is 44.2 Å². The fourth-order valence-electron chi connectivity index (χ4n) is 1.90. The predicted molar refractivity (Wildman–Crippen MR) is 94.4 cm³/mol. The van der Waals surface area contributed by atoms with E-state index in [4.69, 9.17) is 5.73 Å². The topological polar surface area (TPSA) is 55.1 Å². The molecule has 0 bridgehead atoms. The molecule has 0 unspecified atom stereocenters. The molecule has 0 fully saturated rings. The maximum absolute atomic E-state index is 12.6. The van der Waals surface area contributed by atoms with E-state index >= 15 is 0 Å². The van der Waals surface area contributed by atoms with Crippen LogP contribution < -0.4 is 11.1 Å². The first-order chi connectivity index (χ1) is 9.80. The van der Waals surface area contributed by atoms with Crippen molar-refractivity contribution in [2.24, 2.45) is 0 Å². The number of anilines is 2. The zero-order valence-corrected chi connectivity index (χ0v) is 15.0. The molecule has 3 nitrogen and oxygen atoms in total. The van der Waals surface area contributed by atoms with Gasteiger partial charge in [-0.15, -0.1) is 0 Å². The Labute approximate surface area is 141 Å². The molecule has 21 heavy (non-hydrogen) atoms. The molecule has 0 aromatic heterocycles. The second kappa shape index (κ2) is 6.20. The highest BCUT2D eigenvalue weighted by atomic mass is 79.9. The number of nitrogen functional groups attached to an aromatic ring is 1. The molecule has 2 rings (SSSR count). The summed E-state index contributed by atoms with van der Waals surface area (Å²) in [5, 5.41) is 2.96. The summed E-state index contributed by atoms with van der Waals surface area (Å²) in [6.07, 6.45) is 0. The van der Waals surface area contributed by atoms with Crippen LogP contribution in [0.5, 0.6) is 0 Å². The zero-order valence-electron chi connectivity index (χ0n) is 11.8. The fourth-order valence-corrected chi connectivity index (χ4v) is 2.61. The van der Waals surface area contributed by atoms with Crippen LogP contribution in [0.1, 0.15) is 19.4 Å². The fraction of sp³-hybridized carbons (Fsp3) is 0.188. The van der Waals surface area contributed by atoms with Crippen molar-refractivity contribution >= 4 is 49.1 Å². The Morgan fingerprint density at radius 2 is 1.71 bits per heavy atom. The second-order valence-electron chi connectivity index (χ2n) is 5.33. The summed E-state index contributed by atoms with van der Waals surface area (Å²) in [7, 11) is 0. The van der Waals surface area contributed by atoms with Gasteiger partial charge in [0.2, 0.25) is 5.91 Å². The average Bonchev–Trinajstić information content (AvgIpc) is 2.43.